The number of benzene rings is 1. The molecule has 0 atom stereocenters. The molecule has 3 nitrogen and oxygen atoms in total. The zero-order valence-electron chi connectivity index (χ0n) is 11.0. The lowest BCUT2D eigenvalue weighted by Gasteiger charge is -2.19. The van der Waals surface area contributed by atoms with Crippen molar-refractivity contribution in [1.29, 1.82) is 0 Å². The van der Waals surface area contributed by atoms with E-state index in [0.717, 1.165) is 12.0 Å². The van der Waals surface area contributed by atoms with Gasteiger partial charge in [-0.2, -0.15) is 0 Å². The quantitative estimate of drug-likeness (QED) is 0.846. The standard InChI is InChI=1S/C14H21NO2/c1-10(16)15-9-12-7-11(5-6-13(12)17)8-14(2,3)4/h5-7,17H,8-9H2,1-4H3,(H,15,16). The molecule has 0 spiro atoms. The molecule has 1 aromatic rings. The molecule has 0 aromatic heterocycles. The molecule has 0 saturated carbocycles. The summed E-state index contributed by atoms with van der Waals surface area (Å²) in [4.78, 5) is 10.8. The number of aromatic hydroxyl groups is 1. The number of hydrogen-bond acceptors (Lipinski definition) is 2. The number of phenolic OH excluding ortho intramolecular Hbond substituents is 1. The van der Waals surface area contributed by atoms with Crippen LogP contribution < -0.4 is 5.32 Å². The first-order chi connectivity index (χ1) is 7.78. The average Bonchev–Trinajstić information content (AvgIpc) is 2.16. The first-order valence-electron chi connectivity index (χ1n) is 5.83. The van der Waals surface area contributed by atoms with Crippen LogP contribution in [0, 0.1) is 5.41 Å². The molecule has 3 heteroatoms. The maximum Gasteiger partial charge on any atom is 0.217 e. The van der Waals surface area contributed by atoms with E-state index in [-0.39, 0.29) is 17.1 Å². The van der Waals surface area contributed by atoms with E-state index in [0.29, 0.717) is 6.54 Å². The molecule has 0 saturated heterocycles. The molecule has 0 bridgehead atoms. The molecule has 1 amide bonds. The molecular weight excluding hydrogens is 214 g/mol. The smallest absolute Gasteiger partial charge is 0.217 e. The summed E-state index contributed by atoms with van der Waals surface area (Å²) in [6.45, 7) is 8.36. The molecule has 0 aliphatic heterocycles. The van der Waals surface area contributed by atoms with Gasteiger partial charge in [0.2, 0.25) is 5.91 Å². The van der Waals surface area contributed by atoms with Gasteiger partial charge < -0.3 is 10.4 Å². The van der Waals surface area contributed by atoms with E-state index in [4.69, 9.17) is 0 Å². The van der Waals surface area contributed by atoms with Crippen LogP contribution in [-0.4, -0.2) is 11.0 Å². The number of carbonyl (C=O) groups is 1. The maximum atomic E-state index is 10.8. The fourth-order valence-corrected chi connectivity index (χ4v) is 1.72. The van der Waals surface area contributed by atoms with Gasteiger partial charge in [0, 0.05) is 19.0 Å². The van der Waals surface area contributed by atoms with Gasteiger partial charge in [0.25, 0.3) is 0 Å². The summed E-state index contributed by atoms with van der Waals surface area (Å²) in [5.74, 6) is 0.141. The molecule has 0 unspecified atom stereocenters. The van der Waals surface area contributed by atoms with Gasteiger partial charge in [0.05, 0.1) is 0 Å². The second kappa shape index (κ2) is 5.21. The normalized spacial score (nSPS) is 11.3. The van der Waals surface area contributed by atoms with Gasteiger partial charge in [-0.25, -0.2) is 0 Å². The van der Waals surface area contributed by atoms with Crippen LogP contribution in [0.15, 0.2) is 18.2 Å². The van der Waals surface area contributed by atoms with Gasteiger partial charge in [-0.15, -0.1) is 0 Å². The number of nitrogens with one attached hydrogen (secondary N) is 1. The molecule has 0 aliphatic carbocycles. The zero-order chi connectivity index (χ0) is 13.1. The molecule has 94 valence electrons. The lowest BCUT2D eigenvalue weighted by molar-refractivity contribution is -0.119. The van der Waals surface area contributed by atoms with Crippen LogP contribution in [0.25, 0.3) is 0 Å². The minimum absolute atomic E-state index is 0.0920. The van der Waals surface area contributed by atoms with Crippen LogP contribution in [0.3, 0.4) is 0 Å². The summed E-state index contributed by atoms with van der Waals surface area (Å²) in [7, 11) is 0. The summed E-state index contributed by atoms with van der Waals surface area (Å²) in [6, 6.07) is 5.58. The highest BCUT2D eigenvalue weighted by Crippen LogP contribution is 2.24. The summed E-state index contributed by atoms with van der Waals surface area (Å²) in [6.07, 6.45) is 0.945. The molecule has 0 radical (unpaired) electrons. The Balaban J connectivity index is 2.83. The summed E-state index contributed by atoms with van der Waals surface area (Å²) in [5.41, 5.74) is 2.15. The minimum Gasteiger partial charge on any atom is -0.508 e. The van der Waals surface area contributed by atoms with Gasteiger partial charge in [-0.3, -0.25) is 4.79 Å². The van der Waals surface area contributed by atoms with Crippen molar-refractivity contribution in [3.05, 3.63) is 29.3 Å². The van der Waals surface area contributed by atoms with Crippen LogP contribution in [0.1, 0.15) is 38.8 Å². The number of phenols is 1. The predicted octanol–water partition coefficient (Wildman–Crippen LogP) is 2.62. The van der Waals surface area contributed by atoms with E-state index in [2.05, 4.69) is 26.1 Å². The molecule has 0 fully saturated rings. The van der Waals surface area contributed by atoms with Crippen molar-refractivity contribution < 1.29 is 9.90 Å². The van der Waals surface area contributed by atoms with Crippen molar-refractivity contribution in [2.75, 3.05) is 0 Å². The van der Waals surface area contributed by atoms with E-state index >= 15 is 0 Å². The molecule has 0 aliphatic rings. The third kappa shape index (κ3) is 4.89. The van der Waals surface area contributed by atoms with E-state index in [1.165, 1.54) is 12.5 Å². The number of hydrogen-bond donors (Lipinski definition) is 2. The molecule has 1 aromatic carbocycles. The first kappa shape index (κ1) is 13.6. The second-order valence-corrected chi connectivity index (χ2v) is 5.61. The summed E-state index contributed by atoms with van der Waals surface area (Å²) in [5, 5.41) is 12.4. The molecule has 1 rings (SSSR count). The van der Waals surface area contributed by atoms with Crippen molar-refractivity contribution in [2.45, 2.75) is 40.7 Å². The van der Waals surface area contributed by atoms with Crippen molar-refractivity contribution in [3.8, 4) is 5.75 Å². The summed E-state index contributed by atoms with van der Waals surface area (Å²) >= 11 is 0. The third-order valence-electron chi connectivity index (χ3n) is 2.41. The molecule has 0 heterocycles. The monoisotopic (exact) mass is 235 g/mol. The Morgan fingerprint density at radius 1 is 1.35 bits per heavy atom. The minimum atomic E-state index is -0.0920. The van der Waals surface area contributed by atoms with Gasteiger partial charge in [0.15, 0.2) is 0 Å². The number of carbonyl (C=O) groups excluding carboxylic acids is 1. The fraction of sp³-hybridized carbons (Fsp3) is 0.500. The Morgan fingerprint density at radius 3 is 2.53 bits per heavy atom. The van der Waals surface area contributed by atoms with Gasteiger partial charge >= 0.3 is 0 Å². The highest BCUT2D eigenvalue weighted by atomic mass is 16.3. The van der Waals surface area contributed by atoms with E-state index in [9.17, 15) is 9.90 Å². The van der Waals surface area contributed by atoms with Crippen LogP contribution in [-0.2, 0) is 17.8 Å². The Kier molecular flexibility index (Phi) is 4.16. The van der Waals surface area contributed by atoms with Gasteiger partial charge in [-0.1, -0.05) is 32.9 Å². The van der Waals surface area contributed by atoms with E-state index < -0.39 is 0 Å². The highest BCUT2D eigenvalue weighted by Gasteiger charge is 2.12. The Morgan fingerprint density at radius 2 is 2.00 bits per heavy atom. The van der Waals surface area contributed by atoms with Crippen LogP contribution >= 0.6 is 0 Å². The van der Waals surface area contributed by atoms with Crippen LogP contribution in [0.4, 0.5) is 0 Å². The number of amides is 1. The largest absolute Gasteiger partial charge is 0.508 e. The third-order valence-corrected chi connectivity index (χ3v) is 2.41. The molecule has 17 heavy (non-hydrogen) atoms. The first-order valence-corrected chi connectivity index (χ1v) is 5.83. The zero-order valence-corrected chi connectivity index (χ0v) is 11.0. The van der Waals surface area contributed by atoms with Crippen LogP contribution in [0.5, 0.6) is 5.75 Å². The lowest BCUT2D eigenvalue weighted by atomic mass is 9.87. The highest BCUT2D eigenvalue weighted by molar-refractivity contribution is 5.72. The van der Waals surface area contributed by atoms with E-state index in [1.807, 2.05) is 12.1 Å². The predicted molar refractivity (Wildman–Crippen MR) is 68.8 cm³/mol. The Labute approximate surface area is 103 Å². The Bertz CT molecular complexity index is 405. The van der Waals surface area contributed by atoms with Gasteiger partial charge in [0.1, 0.15) is 5.75 Å². The second-order valence-electron chi connectivity index (χ2n) is 5.61. The molecular formula is C14H21NO2. The molecule has 2 N–H and O–H groups in total. The van der Waals surface area contributed by atoms with Crippen molar-refractivity contribution in [1.82, 2.24) is 5.32 Å². The summed E-state index contributed by atoms with van der Waals surface area (Å²) < 4.78 is 0. The lowest BCUT2D eigenvalue weighted by Crippen LogP contribution is -2.19. The SMILES string of the molecule is CC(=O)NCc1cc(CC(C)(C)C)ccc1O. The topological polar surface area (TPSA) is 49.3 Å². The van der Waals surface area contributed by atoms with Crippen molar-refractivity contribution >= 4 is 5.91 Å². The number of rotatable bonds is 3. The maximum absolute atomic E-state index is 10.8. The van der Waals surface area contributed by atoms with E-state index in [1.54, 1.807) is 6.07 Å². The fourth-order valence-electron chi connectivity index (χ4n) is 1.72. The Hall–Kier alpha value is -1.51. The average molecular weight is 235 g/mol. The van der Waals surface area contributed by atoms with Crippen molar-refractivity contribution in [2.24, 2.45) is 5.41 Å². The van der Waals surface area contributed by atoms with Crippen LogP contribution in [0.2, 0.25) is 0 Å². The van der Waals surface area contributed by atoms with Gasteiger partial charge in [-0.05, 0) is 23.5 Å². The van der Waals surface area contributed by atoms with Crippen molar-refractivity contribution in [3.63, 3.8) is 0 Å².